The second-order valence-electron chi connectivity index (χ2n) is 7.35. The van der Waals surface area contributed by atoms with Crippen LogP contribution in [-0.2, 0) is 6.42 Å². The normalized spacial score (nSPS) is 14.6. The predicted octanol–water partition coefficient (Wildman–Crippen LogP) is 4.92. The van der Waals surface area contributed by atoms with Gasteiger partial charge < -0.3 is 10.2 Å². The van der Waals surface area contributed by atoms with Crippen molar-refractivity contribution in [3.8, 4) is 0 Å². The number of likely N-dealkylation sites (tertiary alicyclic amines) is 1. The number of aromatic nitrogens is 1. The minimum Gasteiger partial charge on any atom is -0.355 e. The zero-order chi connectivity index (χ0) is 19.2. The Morgan fingerprint density at radius 1 is 0.929 bits per heavy atom. The number of carbonyl (C=O) groups is 1. The van der Waals surface area contributed by atoms with Gasteiger partial charge in [0.25, 0.3) is 5.91 Å². The fourth-order valence-corrected chi connectivity index (χ4v) is 3.76. The van der Waals surface area contributed by atoms with Crippen LogP contribution in [0.25, 0.3) is 0 Å². The number of para-hydroxylation sites is 1. The van der Waals surface area contributed by atoms with Crippen LogP contribution in [0.15, 0.2) is 79.0 Å². The molecule has 0 unspecified atom stereocenters. The summed E-state index contributed by atoms with van der Waals surface area (Å²) < 4.78 is 0. The van der Waals surface area contributed by atoms with Gasteiger partial charge in [0.2, 0.25) is 0 Å². The van der Waals surface area contributed by atoms with Crippen molar-refractivity contribution < 1.29 is 4.79 Å². The van der Waals surface area contributed by atoms with Crippen LogP contribution in [0.3, 0.4) is 0 Å². The summed E-state index contributed by atoms with van der Waals surface area (Å²) in [4.78, 5) is 19.2. The number of benzene rings is 2. The Kier molecular flexibility index (Phi) is 5.66. The molecule has 1 aromatic heterocycles. The molecular weight excluding hydrogens is 346 g/mol. The van der Waals surface area contributed by atoms with Gasteiger partial charge >= 0.3 is 0 Å². The molecule has 0 atom stereocenters. The molecule has 1 fully saturated rings. The van der Waals surface area contributed by atoms with Crippen molar-refractivity contribution >= 4 is 17.3 Å². The summed E-state index contributed by atoms with van der Waals surface area (Å²) in [5, 5.41) is 3.33. The van der Waals surface area contributed by atoms with Crippen molar-refractivity contribution in [3.63, 3.8) is 0 Å². The summed E-state index contributed by atoms with van der Waals surface area (Å²) in [7, 11) is 0. The number of anilines is 2. The van der Waals surface area contributed by atoms with Gasteiger partial charge in [-0.15, -0.1) is 0 Å². The fraction of sp³-hybridized carbons (Fsp3) is 0.250. The van der Waals surface area contributed by atoms with Crippen LogP contribution in [0.1, 0.15) is 28.9 Å². The molecule has 0 saturated carbocycles. The highest BCUT2D eigenvalue weighted by Crippen LogP contribution is 2.23. The van der Waals surface area contributed by atoms with Gasteiger partial charge in [0.05, 0.1) is 0 Å². The van der Waals surface area contributed by atoms with Crippen molar-refractivity contribution in [1.29, 1.82) is 0 Å². The van der Waals surface area contributed by atoms with Crippen LogP contribution in [-0.4, -0.2) is 28.9 Å². The Labute approximate surface area is 166 Å². The Bertz CT molecular complexity index is 903. The third-order valence-electron chi connectivity index (χ3n) is 5.31. The summed E-state index contributed by atoms with van der Waals surface area (Å²) in [6.07, 6.45) is 4.88. The third-order valence-corrected chi connectivity index (χ3v) is 5.31. The molecule has 4 nitrogen and oxygen atoms in total. The van der Waals surface area contributed by atoms with Gasteiger partial charge in [-0.25, -0.2) is 0 Å². The number of hydrogen-bond acceptors (Lipinski definition) is 3. The lowest BCUT2D eigenvalue weighted by atomic mass is 9.90. The van der Waals surface area contributed by atoms with Crippen molar-refractivity contribution in [2.45, 2.75) is 19.3 Å². The Morgan fingerprint density at radius 2 is 1.61 bits per heavy atom. The van der Waals surface area contributed by atoms with Crippen molar-refractivity contribution in [3.05, 3.63) is 90.3 Å². The molecule has 1 N–H and O–H groups in total. The first-order valence-electron chi connectivity index (χ1n) is 9.89. The topological polar surface area (TPSA) is 45.2 Å². The molecule has 0 aliphatic carbocycles. The number of pyridine rings is 1. The number of nitrogens with zero attached hydrogens (tertiary/aromatic N) is 2. The Hall–Kier alpha value is -3.14. The lowest BCUT2D eigenvalue weighted by molar-refractivity contribution is 0.0684. The van der Waals surface area contributed by atoms with Crippen LogP contribution < -0.4 is 5.32 Å². The van der Waals surface area contributed by atoms with E-state index in [4.69, 9.17) is 0 Å². The van der Waals surface area contributed by atoms with Gasteiger partial charge in [-0.05, 0) is 55.0 Å². The first-order chi connectivity index (χ1) is 13.8. The van der Waals surface area contributed by atoms with Gasteiger partial charge in [-0.1, -0.05) is 48.5 Å². The molecule has 4 rings (SSSR count). The molecule has 2 heterocycles. The van der Waals surface area contributed by atoms with Crippen LogP contribution in [0, 0.1) is 5.92 Å². The van der Waals surface area contributed by atoms with Gasteiger partial charge in [-0.2, -0.15) is 0 Å². The molecule has 1 amide bonds. The number of rotatable bonds is 5. The maximum atomic E-state index is 12.9. The molecule has 4 heteroatoms. The number of nitrogens with one attached hydrogen (secondary N) is 1. The maximum Gasteiger partial charge on any atom is 0.272 e. The second kappa shape index (κ2) is 8.70. The third kappa shape index (κ3) is 4.58. The molecular formula is C24H25N3O. The Morgan fingerprint density at radius 3 is 2.32 bits per heavy atom. The van der Waals surface area contributed by atoms with Gasteiger partial charge in [-0.3, -0.25) is 9.78 Å². The summed E-state index contributed by atoms with van der Waals surface area (Å²) in [5.41, 5.74) is 3.76. The lowest BCUT2D eigenvalue weighted by Gasteiger charge is -2.32. The summed E-state index contributed by atoms with van der Waals surface area (Å²) in [6.45, 7) is 1.60. The van der Waals surface area contributed by atoms with Gasteiger partial charge in [0, 0.05) is 30.7 Å². The average molecular weight is 371 g/mol. The van der Waals surface area contributed by atoms with E-state index in [1.54, 1.807) is 6.20 Å². The molecule has 2 aromatic carbocycles. The van der Waals surface area contributed by atoms with E-state index >= 15 is 0 Å². The monoisotopic (exact) mass is 371 g/mol. The number of amides is 1. The highest BCUT2D eigenvalue weighted by atomic mass is 16.2. The molecule has 1 aliphatic rings. The molecule has 3 aromatic rings. The molecule has 1 aliphatic heterocycles. The van der Waals surface area contributed by atoms with E-state index in [2.05, 4.69) is 40.6 Å². The summed E-state index contributed by atoms with van der Waals surface area (Å²) >= 11 is 0. The van der Waals surface area contributed by atoms with Crippen LogP contribution in [0.2, 0.25) is 0 Å². The van der Waals surface area contributed by atoms with E-state index < -0.39 is 0 Å². The summed E-state index contributed by atoms with van der Waals surface area (Å²) in [5.74, 6) is 0.667. The minimum absolute atomic E-state index is 0.0230. The standard InChI is InChI=1S/C24H25N3O/c28-24(23-18-22(11-14-25-23)26-21-9-5-2-6-10-21)27-15-12-20(13-16-27)17-19-7-3-1-4-8-19/h1-11,14,18,20H,12-13,15-17H2,(H,25,26). The van der Waals surface area contributed by atoms with Crippen molar-refractivity contribution in [2.75, 3.05) is 18.4 Å². The largest absolute Gasteiger partial charge is 0.355 e. The van der Waals surface area contributed by atoms with Crippen molar-refractivity contribution in [2.24, 2.45) is 5.92 Å². The molecule has 0 bridgehead atoms. The predicted molar refractivity (Wildman–Crippen MR) is 113 cm³/mol. The first kappa shape index (κ1) is 18.2. The molecule has 1 saturated heterocycles. The smallest absolute Gasteiger partial charge is 0.272 e. The first-order valence-corrected chi connectivity index (χ1v) is 9.89. The van der Waals surface area contributed by atoms with E-state index in [1.807, 2.05) is 47.4 Å². The van der Waals surface area contributed by atoms with E-state index in [-0.39, 0.29) is 5.91 Å². The summed E-state index contributed by atoms with van der Waals surface area (Å²) in [6, 6.07) is 24.3. The quantitative estimate of drug-likeness (QED) is 0.692. The number of hydrogen-bond donors (Lipinski definition) is 1. The second-order valence-corrected chi connectivity index (χ2v) is 7.35. The zero-order valence-corrected chi connectivity index (χ0v) is 15.9. The van der Waals surface area contributed by atoms with Crippen LogP contribution in [0.5, 0.6) is 0 Å². The highest BCUT2D eigenvalue weighted by molar-refractivity contribution is 5.93. The van der Waals surface area contributed by atoms with Crippen molar-refractivity contribution in [1.82, 2.24) is 9.88 Å². The van der Waals surface area contributed by atoms with E-state index in [0.717, 1.165) is 43.7 Å². The molecule has 142 valence electrons. The lowest BCUT2D eigenvalue weighted by Crippen LogP contribution is -2.39. The van der Waals surface area contributed by atoms with Gasteiger partial charge in [0.1, 0.15) is 5.69 Å². The van der Waals surface area contributed by atoms with E-state index in [9.17, 15) is 4.79 Å². The maximum absolute atomic E-state index is 12.9. The minimum atomic E-state index is 0.0230. The van der Waals surface area contributed by atoms with E-state index in [0.29, 0.717) is 11.6 Å². The molecule has 0 radical (unpaired) electrons. The fourth-order valence-electron chi connectivity index (χ4n) is 3.76. The molecule has 28 heavy (non-hydrogen) atoms. The average Bonchev–Trinajstić information content (AvgIpc) is 2.75. The highest BCUT2D eigenvalue weighted by Gasteiger charge is 2.24. The number of carbonyl (C=O) groups excluding carboxylic acids is 1. The van der Waals surface area contributed by atoms with Gasteiger partial charge in [0.15, 0.2) is 0 Å². The van der Waals surface area contributed by atoms with Crippen LogP contribution in [0.4, 0.5) is 11.4 Å². The SMILES string of the molecule is O=C(c1cc(Nc2ccccc2)ccn1)N1CCC(Cc2ccccc2)CC1. The molecule has 0 spiro atoms. The van der Waals surface area contributed by atoms with Crippen LogP contribution >= 0.6 is 0 Å². The zero-order valence-electron chi connectivity index (χ0n) is 15.9. The number of piperidine rings is 1. The van der Waals surface area contributed by atoms with E-state index in [1.165, 1.54) is 5.56 Å². The Balaban J connectivity index is 1.35.